The molecule has 0 heterocycles. The van der Waals surface area contributed by atoms with Crippen LogP contribution in [0.25, 0.3) is 6.08 Å². The fraction of sp³-hybridized carbons (Fsp3) is 0.471. The Morgan fingerprint density at radius 1 is 1.25 bits per heavy atom. The Morgan fingerprint density at radius 3 is 2.55 bits per heavy atom. The van der Waals surface area contributed by atoms with Crippen LogP contribution < -0.4 is 4.74 Å². The molecule has 0 amide bonds. The summed E-state index contributed by atoms with van der Waals surface area (Å²) in [6.45, 7) is 4.30. The van der Waals surface area contributed by atoms with Gasteiger partial charge in [0, 0.05) is 6.08 Å². The summed E-state index contributed by atoms with van der Waals surface area (Å²) in [7, 11) is 0. The Balaban J connectivity index is 2.38. The second-order valence-electron chi connectivity index (χ2n) is 5.02. The van der Waals surface area contributed by atoms with Gasteiger partial charge < -0.3 is 9.84 Å². The fourth-order valence-corrected chi connectivity index (χ4v) is 1.97. The number of hydrogen-bond acceptors (Lipinski definition) is 2. The Morgan fingerprint density at radius 2 is 1.95 bits per heavy atom. The van der Waals surface area contributed by atoms with Crippen LogP contribution in [0.1, 0.15) is 51.5 Å². The molecule has 0 unspecified atom stereocenters. The number of ether oxygens (including phenoxy) is 1. The van der Waals surface area contributed by atoms with E-state index in [1.807, 2.05) is 24.3 Å². The lowest BCUT2D eigenvalue weighted by molar-refractivity contribution is -0.131. The highest BCUT2D eigenvalue weighted by Crippen LogP contribution is 2.17. The molecule has 0 fully saturated rings. The number of rotatable bonds is 9. The molecular formula is C17H24O3. The van der Waals surface area contributed by atoms with Crippen molar-refractivity contribution in [1.82, 2.24) is 0 Å². The van der Waals surface area contributed by atoms with Crippen LogP contribution in [0.5, 0.6) is 5.75 Å². The van der Waals surface area contributed by atoms with Crippen LogP contribution in [-0.2, 0) is 4.79 Å². The van der Waals surface area contributed by atoms with Crippen LogP contribution in [0, 0.1) is 0 Å². The Hall–Kier alpha value is -1.77. The first-order chi connectivity index (χ1) is 9.61. The lowest BCUT2D eigenvalue weighted by Gasteiger charge is -2.14. The summed E-state index contributed by atoms with van der Waals surface area (Å²) in [6.07, 6.45) is 9.00. The van der Waals surface area contributed by atoms with Gasteiger partial charge in [-0.3, -0.25) is 0 Å². The van der Waals surface area contributed by atoms with Crippen molar-refractivity contribution in [3.05, 3.63) is 35.9 Å². The lowest BCUT2D eigenvalue weighted by atomic mass is 10.1. The van der Waals surface area contributed by atoms with E-state index in [2.05, 4.69) is 13.8 Å². The molecule has 0 saturated carbocycles. The summed E-state index contributed by atoms with van der Waals surface area (Å²) in [5.41, 5.74) is 0.857. The van der Waals surface area contributed by atoms with E-state index >= 15 is 0 Å². The molecule has 3 heteroatoms. The molecule has 0 aromatic heterocycles. The number of carboxylic acids is 1. The Labute approximate surface area is 121 Å². The zero-order valence-corrected chi connectivity index (χ0v) is 12.3. The van der Waals surface area contributed by atoms with Crippen LogP contribution in [-0.4, -0.2) is 17.2 Å². The molecule has 20 heavy (non-hydrogen) atoms. The molecule has 0 aliphatic carbocycles. The summed E-state index contributed by atoms with van der Waals surface area (Å²) in [5.74, 6) is -0.105. The molecule has 110 valence electrons. The second-order valence-corrected chi connectivity index (χ2v) is 5.02. The van der Waals surface area contributed by atoms with Crippen LogP contribution >= 0.6 is 0 Å². The Kier molecular flexibility index (Phi) is 7.48. The number of carboxylic acid groups (broad SMARTS) is 1. The molecule has 0 saturated heterocycles. The maximum Gasteiger partial charge on any atom is 0.328 e. The third-order valence-electron chi connectivity index (χ3n) is 3.10. The van der Waals surface area contributed by atoms with Crippen molar-refractivity contribution in [3.63, 3.8) is 0 Å². The highest BCUT2D eigenvalue weighted by Gasteiger charge is 2.03. The van der Waals surface area contributed by atoms with Gasteiger partial charge in [-0.15, -0.1) is 0 Å². The quantitative estimate of drug-likeness (QED) is 0.532. The SMILES string of the molecule is CCCCCC[C@H](C)Oc1ccc(/C=C/C(=O)O)cc1. The molecule has 1 N–H and O–H groups in total. The average molecular weight is 276 g/mol. The summed E-state index contributed by atoms with van der Waals surface area (Å²) in [4.78, 5) is 10.4. The van der Waals surface area contributed by atoms with E-state index in [1.165, 1.54) is 25.7 Å². The summed E-state index contributed by atoms with van der Waals surface area (Å²) in [5, 5.41) is 8.56. The largest absolute Gasteiger partial charge is 0.491 e. The molecular weight excluding hydrogens is 252 g/mol. The predicted molar refractivity (Wildman–Crippen MR) is 82.0 cm³/mol. The van der Waals surface area contributed by atoms with E-state index in [-0.39, 0.29) is 6.10 Å². The maximum atomic E-state index is 10.4. The van der Waals surface area contributed by atoms with E-state index in [0.717, 1.165) is 23.8 Å². The van der Waals surface area contributed by atoms with Crippen LogP contribution in [0.15, 0.2) is 30.3 Å². The van der Waals surface area contributed by atoms with Gasteiger partial charge in [-0.2, -0.15) is 0 Å². The minimum absolute atomic E-state index is 0.215. The summed E-state index contributed by atoms with van der Waals surface area (Å²) < 4.78 is 5.83. The molecule has 0 radical (unpaired) electrons. The van der Waals surface area contributed by atoms with Gasteiger partial charge in [0.2, 0.25) is 0 Å². The van der Waals surface area contributed by atoms with Crippen molar-refractivity contribution in [3.8, 4) is 5.75 Å². The number of unbranched alkanes of at least 4 members (excludes halogenated alkanes) is 3. The van der Waals surface area contributed by atoms with E-state index in [1.54, 1.807) is 6.08 Å². The lowest BCUT2D eigenvalue weighted by Crippen LogP contribution is -2.11. The zero-order valence-electron chi connectivity index (χ0n) is 12.3. The predicted octanol–water partition coefficient (Wildman–Crippen LogP) is 4.52. The van der Waals surface area contributed by atoms with E-state index in [4.69, 9.17) is 9.84 Å². The van der Waals surface area contributed by atoms with Crippen LogP contribution in [0.4, 0.5) is 0 Å². The van der Waals surface area contributed by atoms with Crippen molar-refractivity contribution in [1.29, 1.82) is 0 Å². The molecule has 0 spiro atoms. The van der Waals surface area contributed by atoms with Gasteiger partial charge in [0.25, 0.3) is 0 Å². The van der Waals surface area contributed by atoms with Crippen LogP contribution in [0.2, 0.25) is 0 Å². The molecule has 1 atom stereocenters. The van der Waals surface area contributed by atoms with Gasteiger partial charge >= 0.3 is 5.97 Å². The Bertz CT molecular complexity index is 420. The molecule has 0 aliphatic rings. The average Bonchev–Trinajstić information content (AvgIpc) is 2.43. The zero-order chi connectivity index (χ0) is 14.8. The van der Waals surface area contributed by atoms with Crippen molar-refractivity contribution in [2.45, 2.75) is 52.1 Å². The molecule has 1 aromatic carbocycles. The standard InChI is InChI=1S/C17H24O3/c1-3-4-5-6-7-14(2)20-16-11-8-15(9-12-16)10-13-17(18)19/h8-14H,3-7H2,1-2H3,(H,18,19)/b13-10+/t14-/m0/s1. The molecule has 0 aliphatic heterocycles. The van der Waals surface area contributed by atoms with Crippen LogP contribution in [0.3, 0.4) is 0 Å². The highest BCUT2D eigenvalue weighted by molar-refractivity contribution is 5.85. The van der Waals surface area contributed by atoms with Crippen molar-refractivity contribution in [2.24, 2.45) is 0 Å². The topological polar surface area (TPSA) is 46.5 Å². The highest BCUT2D eigenvalue weighted by atomic mass is 16.5. The molecule has 3 nitrogen and oxygen atoms in total. The summed E-state index contributed by atoms with van der Waals surface area (Å²) >= 11 is 0. The van der Waals surface area contributed by atoms with E-state index in [0.29, 0.717) is 0 Å². The number of carbonyl (C=O) groups is 1. The van der Waals surface area contributed by atoms with Gasteiger partial charge in [-0.1, -0.05) is 38.3 Å². The number of benzene rings is 1. The molecule has 1 aromatic rings. The first kappa shape index (κ1) is 16.3. The van der Waals surface area contributed by atoms with Gasteiger partial charge in [-0.25, -0.2) is 4.79 Å². The van der Waals surface area contributed by atoms with Crippen molar-refractivity contribution >= 4 is 12.0 Å². The first-order valence-electron chi connectivity index (χ1n) is 7.29. The first-order valence-corrected chi connectivity index (χ1v) is 7.29. The van der Waals surface area contributed by atoms with Gasteiger partial charge in [-0.05, 0) is 43.5 Å². The van der Waals surface area contributed by atoms with E-state index < -0.39 is 5.97 Å². The second kappa shape index (κ2) is 9.18. The van der Waals surface area contributed by atoms with Gasteiger partial charge in [0.1, 0.15) is 5.75 Å². The molecule has 0 bridgehead atoms. The normalized spacial score (nSPS) is 12.5. The van der Waals surface area contributed by atoms with Crippen molar-refractivity contribution < 1.29 is 14.6 Å². The minimum Gasteiger partial charge on any atom is -0.491 e. The maximum absolute atomic E-state index is 10.4. The number of aliphatic carboxylic acids is 1. The van der Waals surface area contributed by atoms with E-state index in [9.17, 15) is 4.79 Å². The smallest absolute Gasteiger partial charge is 0.328 e. The van der Waals surface area contributed by atoms with Gasteiger partial charge in [0.15, 0.2) is 0 Å². The van der Waals surface area contributed by atoms with Crippen molar-refractivity contribution in [2.75, 3.05) is 0 Å². The monoisotopic (exact) mass is 276 g/mol. The molecule has 1 rings (SSSR count). The third kappa shape index (κ3) is 6.98. The summed E-state index contributed by atoms with van der Waals surface area (Å²) in [6, 6.07) is 7.48. The minimum atomic E-state index is -0.939. The number of hydrogen-bond donors (Lipinski definition) is 1. The fourth-order valence-electron chi connectivity index (χ4n) is 1.97. The third-order valence-corrected chi connectivity index (χ3v) is 3.10. The van der Waals surface area contributed by atoms with Gasteiger partial charge in [0.05, 0.1) is 6.10 Å².